The summed E-state index contributed by atoms with van der Waals surface area (Å²) in [6.07, 6.45) is 0. The molecule has 2 aromatic carbocycles. The summed E-state index contributed by atoms with van der Waals surface area (Å²) in [5, 5.41) is 15.3. The van der Waals surface area contributed by atoms with Crippen LogP contribution in [0.25, 0.3) is 10.4 Å². The van der Waals surface area contributed by atoms with Crippen LogP contribution < -0.4 is 22.1 Å². The molecule has 0 aliphatic heterocycles. The van der Waals surface area contributed by atoms with Gasteiger partial charge in [-0.1, -0.05) is 48.5 Å². The Morgan fingerprint density at radius 1 is 1.00 bits per heavy atom. The zero-order valence-electron chi connectivity index (χ0n) is 15.8. The van der Waals surface area contributed by atoms with E-state index in [1.807, 2.05) is 30.3 Å². The van der Waals surface area contributed by atoms with E-state index in [9.17, 15) is 19.5 Å². The molecule has 30 heavy (non-hydrogen) atoms. The molecule has 9 heteroatoms. The van der Waals surface area contributed by atoms with E-state index in [4.69, 9.17) is 11.5 Å². The molecular formula is C21H20N4O4S. The van der Waals surface area contributed by atoms with Crippen molar-refractivity contribution in [1.82, 2.24) is 5.32 Å². The molecule has 1 aromatic heterocycles. The molecule has 7 N–H and O–H groups in total. The van der Waals surface area contributed by atoms with Gasteiger partial charge in [-0.2, -0.15) is 0 Å². The first-order valence-electron chi connectivity index (χ1n) is 8.95. The summed E-state index contributed by atoms with van der Waals surface area (Å²) < 4.78 is 0. The minimum Gasteiger partial charge on any atom is -0.480 e. The molecule has 0 fully saturated rings. The number of rotatable bonds is 8. The minimum absolute atomic E-state index is 0.173. The minimum atomic E-state index is -0.969. The largest absolute Gasteiger partial charge is 0.480 e. The first kappa shape index (κ1) is 21.0. The lowest BCUT2D eigenvalue weighted by Gasteiger charge is -2.15. The average Bonchev–Trinajstić information content (AvgIpc) is 3.12. The summed E-state index contributed by atoms with van der Waals surface area (Å²) in [4.78, 5) is 35.2. The summed E-state index contributed by atoms with van der Waals surface area (Å²) in [6.45, 7) is 0.320. The lowest BCUT2D eigenvalue weighted by molar-refractivity contribution is -0.139. The highest BCUT2D eigenvalue weighted by Gasteiger charge is 2.19. The number of anilines is 1. The Hall–Kier alpha value is -3.69. The normalized spacial score (nSPS) is 11.6. The molecule has 0 aliphatic rings. The maximum absolute atomic E-state index is 11.7. The fourth-order valence-electron chi connectivity index (χ4n) is 2.97. The number of carbonyl (C=O) groups is 3. The van der Waals surface area contributed by atoms with Crippen LogP contribution in [0.1, 0.15) is 27.5 Å². The van der Waals surface area contributed by atoms with Crippen LogP contribution in [-0.4, -0.2) is 23.0 Å². The Morgan fingerprint density at radius 3 is 2.37 bits per heavy atom. The van der Waals surface area contributed by atoms with Gasteiger partial charge in [-0.05, 0) is 28.8 Å². The van der Waals surface area contributed by atoms with Crippen molar-refractivity contribution < 1.29 is 19.5 Å². The number of benzene rings is 2. The van der Waals surface area contributed by atoms with Crippen LogP contribution in [0.5, 0.6) is 0 Å². The number of urea groups is 1. The number of nitrogens with two attached hydrogens (primary N) is 2. The molecule has 3 rings (SSSR count). The van der Waals surface area contributed by atoms with Crippen molar-refractivity contribution in [2.24, 2.45) is 11.5 Å². The summed E-state index contributed by atoms with van der Waals surface area (Å²) in [7, 11) is 0. The molecule has 0 radical (unpaired) electrons. The van der Waals surface area contributed by atoms with Gasteiger partial charge in [0.25, 0.3) is 5.91 Å². The predicted molar refractivity (Wildman–Crippen MR) is 115 cm³/mol. The number of aliphatic carboxylic acids is 1. The van der Waals surface area contributed by atoms with E-state index in [0.29, 0.717) is 17.0 Å². The topological polar surface area (TPSA) is 148 Å². The van der Waals surface area contributed by atoms with Crippen molar-refractivity contribution in [2.75, 3.05) is 5.32 Å². The van der Waals surface area contributed by atoms with Crippen LogP contribution in [-0.2, 0) is 11.3 Å². The zero-order chi connectivity index (χ0) is 21.7. The van der Waals surface area contributed by atoms with E-state index >= 15 is 0 Å². The van der Waals surface area contributed by atoms with Gasteiger partial charge in [0, 0.05) is 11.4 Å². The Kier molecular flexibility index (Phi) is 6.45. The van der Waals surface area contributed by atoms with Gasteiger partial charge in [-0.25, -0.2) is 4.79 Å². The van der Waals surface area contributed by atoms with Crippen molar-refractivity contribution >= 4 is 34.2 Å². The Morgan fingerprint density at radius 2 is 1.73 bits per heavy atom. The van der Waals surface area contributed by atoms with Gasteiger partial charge >= 0.3 is 12.0 Å². The van der Waals surface area contributed by atoms with Gasteiger partial charge in [0.15, 0.2) is 0 Å². The second-order valence-corrected chi connectivity index (χ2v) is 7.52. The van der Waals surface area contributed by atoms with E-state index in [0.717, 1.165) is 11.1 Å². The first-order chi connectivity index (χ1) is 14.3. The lowest BCUT2D eigenvalue weighted by Crippen LogP contribution is -2.28. The monoisotopic (exact) mass is 424 g/mol. The zero-order valence-corrected chi connectivity index (χ0v) is 16.6. The number of hydrogen-bond donors (Lipinski definition) is 5. The molecule has 0 bridgehead atoms. The van der Waals surface area contributed by atoms with Gasteiger partial charge in [0.05, 0.1) is 5.56 Å². The fraction of sp³-hybridized carbons (Fsp3) is 0.0952. The summed E-state index contributed by atoms with van der Waals surface area (Å²) in [5.74, 6) is -1.64. The number of hydrogen-bond acceptors (Lipinski definition) is 5. The molecule has 0 aliphatic carbocycles. The van der Waals surface area contributed by atoms with Crippen LogP contribution >= 0.6 is 11.3 Å². The van der Waals surface area contributed by atoms with Gasteiger partial charge < -0.3 is 16.6 Å². The van der Waals surface area contributed by atoms with Gasteiger partial charge in [-0.3, -0.25) is 20.2 Å². The number of thiophene rings is 1. The van der Waals surface area contributed by atoms with Crippen molar-refractivity contribution in [3.05, 3.63) is 77.4 Å². The molecule has 0 saturated heterocycles. The van der Waals surface area contributed by atoms with Gasteiger partial charge in [-0.15, -0.1) is 11.3 Å². The molecule has 154 valence electrons. The third-order valence-electron chi connectivity index (χ3n) is 4.34. The van der Waals surface area contributed by atoms with Gasteiger partial charge in [0.1, 0.15) is 11.0 Å². The number of carboxylic acids is 1. The average molecular weight is 424 g/mol. The Bertz CT molecular complexity index is 1080. The molecule has 0 saturated carbocycles. The summed E-state index contributed by atoms with van der Waals surface area (Å²) in [5.41, 5.74) is 13.0. The van der Waals surface area contributed by atoms with Crippen molar-refractivity contribution in [3.8, 4) is 10.4 Å². The number of carbonyl (C=O) groups excluding carboxylic acids is 2. The number of primary amides is 2. The number of amides is 3. The van der Waals surface area contributed by atoms with Crippen molar-refractivity contribution in [3.63, 3.8) is 0 Å². The number of nitrogens with one attached hydrogen (secondary N) is 2. The molecule has 1 atom stereocenters. The standard InChI is InChI=1S/C21H20N4O4S/c22-18(26)15-10-16(30-19(15)25-21(23)29)14-8-4-5-12(9-14)11-24-17(20(27)28)13-6-2-1-3-7-13/h1-10,17,24H,11H2,(H2,22,26)(H,27,28)(H3,23,25,29). The molecule has 0 spiro atoms. The van der Waals surface area contributed by atoms with Gasteiger partial charge in [0.2, 0.25) is 0 Å². The highest BCUT2D eigenvalue weighted by molar-refractivity contribution is 7.20. The van der Waals surface area contributed by atoms with E-state index in [1.165, 1.54) is 11.3 Å². The molecule has 3 amide bonds. The van der Waals surface area contributed by atoms with E-state index in [-0.39, 0.29) is 10.6 Å². The van der Waals surface area contributed by atoms with Crippen molar-refractivity contribution in [1.29, 1.82) is 0 Å². The van der Waals surface area contributed by atoms with Crippen LogP contribution in [0.4, 0.5) is 9.80 Å². The smallest absolute Gasteiger partial charge is 0.325 e. The quantitative estimate of drug-likeness (QED) is 0.377. The number of carboxylic acid groups (broad SMARTS) is 1. The maximum Gasteiger partial charge on any atom is 0.325 e. The molecule has 1 heterocycles. The molecular weight excluding hydrogens is 404 g/mol. The highest BCUT2D eigenvalue weighted by Crippen LogP contribution is 2.35. The van der Waals surface area contributed by atoms with Crippen LogP contribution in [0, 0.1) is 0 Å². The molecule has 8 nitrogen and oxygen atoms in total. The Balaban J connectivity index is 1.82. The first-order valence-corrected chi connectivity index (χ1v) is 9.77. The Labute approximate surface area is 176 Å². The second-order valence-electron chi connectivity index (χ2n) is 6.47. The van der Waals surface area contributed by atoms with E-state index in [1.54, 1.807) is 30.3 Å². The maximum atomic E-state index is 11.7. The van der Waals surface area contributed by atoms with Crippen LogP contribution in [0.3, 0.4) is 0 Å². The summed E-state index contributed by atoms with van der Waals surface area (Å²) >= 11 is 1.18. The van der Waals surface area contributed by atoms with Crippen LogP contribution in [0.15, 0.2) is 60.7 Å². The highest BCUT2D eigenvalue weighted by atomic mass is 32.1. The SMILES string of the molecule is NC(=O)Nc1sc(-c2cccc(CNC(C(=O)O)c3ccccc3)c2)cc1C(N)=O. The summed E-state index contributed by atoms with van der Waals surface area (Å²) in [6, 6.07) is 16.3. The molecule has 3 aromatic rings. The third-order valence-corrected chi connectivity index (χ3v) is 5.44. The van der Waals surface area contributed by atoms with Crippen molar-refractivity contribution in [2.45, 2.75) is 12.6 Å². The predicted octanol–water partition coefficient (Wildman–Crippen LogP) is 2.92. The lowest BCUT2D eigenvalue weighted by atomic mass is 10.1. The second kappa shape index (κ2) is 9.21. The fourth-order valence-corrected chi connectivity index (χ4v) is 4.03. The van der Waals surface area contributed by atoms with E-state index < -0.39 is 23.9 Å². The third kappa shape index (κ3) is 5.02. The van der Waals surface area contributed by atoms with E-state index in [2.05, 4.69) is 10.6 Å². The molecule has 1 unspecified atom stereocenters. The van der Waals surface area contributed by atoms with Crippen LogP contribution in [0.2, 0.25) is 0 Å².